The molecule has 2 rings (SSSR count). The molecule has 0 N–H and O–H groups in total. The van der Waals surface area contributed by atoms with Crippen molar-refractivity contribution in [2.45, 2.75) is 25.8 Å². The van der Waals surface area contributed by atoms with Crippen LogP contribution < -0.4 is 0 Å². The third-order valence-electron chi connectivity index (χ3n) is 3.31. The summed E-state index contributed by atoms with van der Waals surface area (Å²) in [5.41, 5.74) is 2.23. The standard InChI is InChI=1S/C16H22N2O.3CO.Fe/c1-14(10-11-15-7-4-3-5-8-15)17-18-12-6-9-16(18)13-19-2;3*1-2;/h3-5,7-8,10-11,16H,6,9,12-13H2,1-2H3;;;;/b11-10+,17-14+;;;;/t16-;;;;/m0..../s1. The normalized spacial score (nSPS) is 15.2. The van der Waals surface area contributed by atoms with Gasteiger partial charge in [-0.15, -0.1) is 0 Å². The summed E-state index contributed by atoms with van der Waals surface area (Å²) >= 11 is 0. The molecule has 0 amide bonds. The number of benzene rings is 1. The Kier molecular flexibility index (Phi) is 23.5. The van der Waals surface area contributed by atoms with Crippen LogP contribution >= 0.6 is 0 Å². The first-order valence-corrected chi connectivity index (χ1v) is 7.45. The van der Waals surface area contributed by atoms with Gasteiger partial charge in [-0.1, -0.05) is 36.4 Å². The van der Waals surface area contributed by atoms with Gasteiger partial charge in [0.1, 0.15) is 0 Å². The summed E-state index contributed by atoms with van der Waals surface area (Å²) in [6.45, 7) is 17.3. The van der Waals surface area contributed by atoms with E-state index in [2.05, 4.69) is 54.3 Å². The number of hydrazone groups is 1. The van der Waals surface area contributed by atoms with Gasteiger partial charge in [-0.05, 0) is 31.4 Å². The van der Waals surface area contributed by atoms with Crippen molar-refractivity contribution in [1.29, 1.82) is 0 Å². The Labute approximate surface area is 165 Å². The molecule has 26 heavy (non-hydrogen) atoms. The van der Waals surface area contributed by atoms with Gasteiger partial charge in [-0.2, -0.15) is 5.10 Å². The fourth-order valence-electron chi connectivity index (χ4n) is 2.33. The molecule has 0 aromatic heterocycles. The predicted molar refractivity (Wildman–Crippen MR) is 92.0 cm³/mol. The Balaban J connectivity index is -0.000000686. The van der Waals surface area contributed by atoms with E-state index in [1.54, 1.807) is 7.11 Å². The van der Waals surface area contributed by atoms with Crippen LogP contribution in [0.25, 0.3) is 6.08 Å². The first kappa shape index (κ1) is 28.9. The molecule has 1 atom stereocenters. The third-order valence-corrected chi connectivity index (χ3v) is 3.31. The van der Waals surface area contributed by atoms with Crippen molar-refractivity contribution in [1.82, 2.24) is 5.01 Å². The van der Waals surface area contributed by atoms with E-state index in [4.69, 9.17) is 18.7 Å². The first-order valence-electron chi connectivity index (χ1n) is 7.45. The van der Waals surface area contributed by atoms with Crippen molar-refractivity contribution in [3.63, 3.8) is 0 Å². The van der Waals surface area contributed by atoms with Crippen LogP contribution in [0, 0.1) is 20.0 Å². The number of hydrogen-bond donors (Lipinski definition) is 0. The zero-order valence-corrected chi connectivity index (χ0v) is 15.9. The maximum atomic E-state index is 7.50. The van der Waals surface area contributed by atoms with Crippen molar-refractivity contribution in [2.75, 3.05) is 20.3 Å². The van der Waals surface area contributed by atoms with Gasteiger partial charge in [0.2, 0.25) is 0 Å². The molecular formula is C19H22FeN2O4. The van der Waals surface area contributed by atoms with Crippen molar-refractivity contribution in [2.24, 2.45) is 5.10 Å². The molecule has 0 spiro atoms. The molecule has 1 aliphatic rings. The van der Waals surface area contributed by atoms with E-state index in [0.717, 1.165) is 18.9 Å². The Bertz CT molecular complexity index is 554. The molecule has 6 nitrogen and oxygen atoms in total. The van der Waals surface area contributed by atoms with Crippen LogP contribution in [0.5, 0.6) is 0 Å². The number of rotatable bonds is 5. The zero-order chi connectivity index (χ0) is 19.5. The van der Waals surface area contributed by atoms with Gasteiger partial charge in [-0.3, -0.25) is 5.01 Å². The monoisotopic (exact) mass is 398 g/mol. The van der Waals surface area contributed by atoms with Crippen LogP contribution in [-0.2, 0) is 35.8 Å². The van der Waals surface area contributed by atoms with Crippen molar-refractivity contribution in [3.8, 4) is 0 Å². The summed E-state index contributed by atoms with van der Waals surface area (Å²) in [6, 6.07) is 10.7. The summed E-state index contributed by atoms with van der Waals surface area (Å²) < 4.78 is 27.7. The quantitative estimate of drug-likeness (QED) is 0.331. The average Bonchev–Trinajstić information content (AvgIpc) is 3.13. The molecule has 1 aromatic rings. The molecule has 1 saturated heterocycles. The van der Waals surface area contributed by atoms with Crippen LogP contribution in [-0.4, -0.2) is 37.0 Å². The maximum Gasteiger partial charge on any atom is 0 e. The number of hydrogen-bond acceptors (Lipinski definition) is 3. The molecular weight excluding hydrogens is 376 g/mol. The molecule has 0 unspecified atom stereocenters. The predicted octanol–water partition coefficient (Wildman–Crippen LogP) is 3.07. The van der Waals surface area contributed by atoms with Crippen LogP contribution in [0.3, 0.4) is 0 Å². The second-order valence-electron chi connectivity index (χ2n) is 4.90. The summed E-state index contributed by atoms with van der Waals surface area (Å²) in [4.78, 5) is 0. The van der Waals surface area contributed by atoms with E-state index in [-0.39, 0.29) is 17.1 Å². The van der Waals surface area contributed by atoms with Crippen LogP contribution in [0.15, 0.2) is 41.5 Å². The molecule has 140 valence electrons. The van der Waals surface area contributed by atoms with Gasteiger partial charge in [0.15, 0.2) is 0 Å². The van der Waals surface area contributed by atoms with Gasteiger partial charge < -0.3 is 4.74 Å². The minimum absolute atomic E-state index is 0. The van der Waals surface area contributed by atoms with Gasteiger partial charge in [0.25, 0.3) is 0 Å². The van der Waals surface area contributed by atoms with E-state index in [0.29, 0.717) is 6.04 Å². The fourth-order valence-corrected chi connectivity index (χ4v) is 2.33. The van der Waals surface area contributed by atoms with Crippen LogP contribution in [0.2, 0.25) is 0 Å². The summed E-state index contributed by atoms with van der Waals surface area (Å²) in [7, 11) is 1.75. The van der Waals surface area contributed by atoms with E-state index in [1.165, 1.54) is 18.4 Å². The molecule has 7 heteroatoms. The minimum Gasteiger partial charge on any atom is 0 e. The molecule has 1 aliphatic heterocycles. The van der Waals surface area contributed by atoms with E-state index in [9.17, 15) is 0 Å². The summed E-state index contributed by atoms with van der Waals surface area (Å²) in [6.07, 6.45) is 6.54. The van der Waals surface area contributed by atoms with Gasteiger partial charge in [0, 0.05) is 30.7 Å². The number of methoxy groups -OCH3 is 1. The number of allylic oxidation sites excluding steroid dienone is 1. The van der Waals surface area contributed by atoms with Gasteiger partial charge >= 0.3 is 33.9 Å². The Morgan fingerprint density at radius 1 is 1.19 bits per heavy atom. The minimum atomic E-state index is 0. The number of ether oxygens (including phenoxy) is 1. The third kappa shape index (κ3) is 12.5. The van der Waals surface area contributed by atoms with E-state index in [1.807, 2.05) is 25.1 Å². The van der Waals surface area contributed by atoms with Crippen LogP contribution in [0.1, 0.15) is 25.3 Å². The van der Waals surface area contributed by atoms with Crippen molar-refractivity contribution < 1.29 is 35.8 Å². The van der Waals surface area contributed by atoms with Gasteiger partial charge in [-0.25, -0.2) is 0 Å². The zero-order valence-electron chi connectivity index (χ0n) is 14.8. The average molecular weight is 398 g/mol. The van der Waals surface area contributed by atoms with Crippen molar-refractivity contribution in [3.05, 3.63) is 61.9 Å². The summed E-state index contributed by atoms with van der Waals surface area (Å²) in [5, 5.41) is 6.84. The molecule has 1 heterocycles. The molecule has 0 bridgehead atoms. The van der Waals surface area contributed by atoms with E-state index < -0.39 is 0 Å². The first-order chi connectivity index (χ1) is 12.3. The molecule has 1 aromatic carbocycles. The second kappa shape index (κ2) is 21.2. The number of nitrogens with zero attached hydrogens (tertiary/aromatic N) is 2. The molecule has 0 saturated carbocycles. The Morgan fingerprint density at radius 3 is 2.31 bits per heavy atom. The fraction of sp³-hybridized carbons (Fsp3) is 0.368. The molecule has 0 aliphatic carbocycles. The summed E-state index contributed by atoms with van der Waals surface area (Å²) in [5.74, 6) is 0. The molecule has 1 fully saturated rings. The van der Waals surface area contributed by atoms with Crippen molar-refractivity contribution >= 4 is 11.8 Å². The largest absolute Gasteiger partial charge is 0 e. The van der Waals surface area contributed by atoms with Gasteiger partial charge in [0.05, 0.1) is 18.4 Å². The Hall–Kier alpha value is -1.87. The van der Waals surface area contributed by atoms with E-state index >= 15 is 0 Å². The smallest absolute Gasteiger partial charge is 0 e. The SMILES string of the molecule is COC[C@@H]1CCCN1/N=C(C)/C=C/c1ccccc1.[C-]#[O+].[C-]#[O+].[C-]#[O+].[Fe]. The molecule has 0 radical (unpaired) electrons. The Morgan fingerprint density at radius 2 is 1.77 bits per heavy atom. The maximum absolute atomic E-state index is 7.50. The second-order valence-corrected chi connectivity index (χ2v) is 4.90. The topological polar surface area (TPSA) is 84.5 Å². The van der Waals surface area contributed by atoms with Crippen LogP contribution in [0.4, 0.5) is 0 Å².